The molecule has 4 aromatic rings. The van der Waals surface area contributed by atoms with E-state index in [-0.39, 0.29) is 58.4 Å². The molecule has 0 radical (unpaired) electrons. The Labute approximate surface area is 252 Å². The first kappa shape index (κ1) is 29.4. The van der Waals surface area contributed by atoms with Crippen LogP contribution in [0.3, 0.4) is 0 Å². The summed E-state index contributed by atoms with van der Waals surface area (Å²) in [7, 11) is 0. The SMILES string of the molecule is C=CC(=O)N1CC(C)N2c3nc(=O)n(-c4c(C)ccnc4C(C)C)c4c(F)c(-c5ccccc5F)c(F)c(c34)NCCC2C1. The molecule has 0 spiro atoms. The molecule has 8 nitrogen and oxygen atoms in total. The summed E-state index contributed by atoms with van der Waals surface area (Å²) in [5.41, 5.74) is -0.408. The highest BCUT2D eigenvalue weighted by Gasteiger charge is 2.39. The molecule has 6 rings (SSSR count). The van der Waals surface area contributed by atoms with Crippen LogP contribution < -0.4 is 15.9 Å². The second-order valence-corrected chi connectivity index (χ2v) is 11.7. The highest BCUT2D eigenvalue weighted by molar-refractivity contribution is 6.05. The lowest BCUT2D eigenvalue weighted by atomic mass is 9.96. The van der Waals surface area contributed by atoms with Gasteiger partial charge in [0.05, 0.1) is 34.1 Å². The van der Waals surface area contributed by atoms with Crippen LogP contribution in [0, 0.1) is 24.4 Å². The van der Waals surface area contributed by atoms with Gasteiger partial charge in [-0.15, -0.1) is 0 Å². The van der Waals surface area contributed by atoms with Crippen molar-refractivity contribution in [1.82, 2.24) is 19.4 Å². The van der Waals surface area contributed by atoms with E-state index in [1.807, 2.05) is 25.7 Å². The van der Waals surface area contributed by atoms with Gasteiger partial charge in [0.2, 0.25) is 5.91 Å². The predicted molar refractivity (Wildman–Crippen MR) is 165 cm³/mol. The smallest absolute Gasteiger partial charge is 0.354 e. The second-order valence-electron chi connectivity index (χ2n) is 11.7. The lowest BCUT2D eigenvalue weighted by Crippen LogP contribution is -2.60. The third-order valence-electron chi connectivity index (χ3n) is 8.56. The van der Waals surface area contributed by atoms with Gasteiger partial charge < -0.3 is 15.1 Å². The molecule has 1 amide bonds. The summed E-state index contributed by atoms with van der Waals surface area (Å²) in [5.74, 6) is -3.14. The molecule has 2 unspecified atom stereocenters. The van der Waals surface area contributed by atoms with Crippen molar-refractivity contribution in [2.24, 2.45) is 0 Å². The van der Waals surface area contributed by atoms with Crippen molar-refractivity contribution in [1.29, 1.82) is 0 Å². The first-order valence-corrected chi connectivity index (χ1v) is 14.7. The fraction of sp³-hybridized carbons (Fsp3) is 0.333. The summed E-state index contributed by atoms with van der Waals surface area (Å²) in [6, 6.07) is 6.45. The number of hydrogen-bond acceptors (Lipinski definition) is 6. The molecule has 2 aliphatic heterocycles. The summed E-state index contributed by atoms with van der Waals surface area (Å²) in [4.78, 5) is 39.4. The van der Waals surface area contributed by atoms with Gasteiger partial charge in [0.15, 0.2) is 11.6 Å². The molecule has 2 aliphatic rings. The molecule has 11 heteroatoms. The maximum Gasteiger partial charge on any atom is 0.354 e. The van der Waals surface area contributed by atoms with Gasteiger partial charge in [-0.25, -0.2) is 18.0 Å². The Bertz CT molecular complexity index is 1890. The third kappa shape index (κ3) is 4.53. The van der Waals surface area contributed by atoms with Crippen LogP contribution in [-0.4, -0.2) is 57.1 Å². The Hall–Kier alpha value is -4.67. The van der Waals surface area contributed by atoms with Crippen LogP contribution in [0.25, 0.3) is 27.7 Å². The zero-order valence-corrected chi connectivity index (χ0v) is 25.0. The Morgan fingerprint density at radius 3 is 2.59 bits per heavy atom. The van der Waals surface area contributed by atoms with Crippen LogP contribution in [0.4, 0.5) is 24.7 Å². The molecule has 2 atom stereocenters. The first-order valence-electron chi connectivity index (χ1n) is 14.7. The maximum atomic E-state index is 17.2. The van der Waals surface area contributed by atoms with Gasteiger partial charge in [0.1, 0.15) is 17.2 Å². The van der Waals surface area contributed by atoms with Gasteiger partial charge >= 0.3 is 5.69 Å². The summed E-state index contributed by atoms with van der Waals surface area (Å²) < 4.78 is 50.1. The van der Waals surface area contributed by atoms with Gasteiger partial charge in [-0.3, -0.25) is 14.3 Å². The Balaban J connectivity index is 1.77. The number of benzene rings is 2. The zero-order chi connectivity index (χ0) is 31.4. The fourth-order valence-corrected chi connectivity index (χ4v) is 6.61. The molecule has 4 heterocycles. The molecule has 0 aliphatic carbocycles. The maximum absolute atomic E-state index is 17.2. The number of aromatic nitrogens is 3. The number of aryl methyl sites for hydroxylation is 1. The van der Waals surface area contributed by atoms with Crippen LogP contribution in [0.2, 0.25) is 0 Å². The number of anilines is 2. The van der Waals surface area contributed by atoms with E-state index in [2.05, 4.69) is 21.9 Å². The molecule has 2 aromatic carbocycles. The lowest BCUT2D eigenvalue weighted by molar-refractivity contribution is -0.127. The number of amides is 1. The normalized spacial score (nSPS) is 18.1. The standard InChI is InChI=1S/C33H33F3N6O2/c1-6-23(43)40-15-19(5)41-20(16-40)12-14-38-29-25-31(27(36)24(26(29)35)21-9-7-8-10-22(21)34)42(33(44)39-32(25)41)30-18(4)11-13-37-28(30)17(2)3/h6-11,13,17,19-20,38H,1,12,14-16H2,2-5H3. The molecule has 2 aromatic heterocycles. The summed E-state index contributed by atoms with van der Waals surface area (Å²) >= 11 is 0. The minimum absolute atomic E-state index is 0.0673. The van der Waals surface area contributed by atoms with Crippen molar-refractivity contribution in [3.63, 3.8) is 0 Å². The summed E-state index contributed by atoms with van der Waals surface area (Å²) in [5, 5.41) is 3.19. The van der Waals surface area contributed by atoms with E-state index in [1.165, 1.54) is 24.3 Å². The van der Waals surface area contributed by atoms with Crippen LogP contribution >= 0.6 is 0 Å². The highest BCUT2D eigenvalue weighted by atomic mass is 19.1. The number of carbonyl (C=O) groups is 1. The Morgan fingerprint density at radius 2 is 1.89 bits per heavy atom. The number of hydrogen-bond donors (Lipinski definition) is 1. The van der Waals surface area contributed by atoms with Gasteiger partial charge in [-0.1, -0.05) is 38.6 Å². The van der Waals surface area contributed by atoms with Crippen molar-refractivity contribution in [2.75, 3.05) is 29.9 Å². The van der Waals surface area contributed by atoms with Crippen molar-refractivity contribution >= 4 is 28.3 Å². The van der Waals surface area contributed by atoms with Crippen molar-refractivity contribution < 1.29 is 18.0 Å². The minimum Gasteiger partial charge on any atom is -0.382 e. The molecule has 0 bridgehead atoms. The summed E-state index contributed by atoms with van der Waals surface area (Å²) in [6.45, 7) is 12.0. The van der Waals surface area contributed by atoms with Gasteiger partial charge in [0, 0.05) is 37.4 Å². The van der Waals surface area contributed by atoms with Gasteiger partial charge in [0.25, 0.3) is 0 Å². The molecule has 1 fully saturated rings. The average molecular weight is 603 g/mol. The minimum atomic E-state index is -1.09. The Kier molecular flexibility index (Phi) is 7.43. The van der Waals surface area contributed by atoms with E-state index in [4.69, 9.17) is 0 Å². The number of piperazine rings is 1. The van der Waals surface area contributed by atoms with Crippen LogP contribution in [0.1, 0.15) is 44.4 Å². The topological polar surface area (TPSA) is 83.4 Å². The molecular formula is C33H33F3N6O2. The first-order chi connectivity index (χ1) is 21.0. The molecule has 1 saturated heterocycles. The monoisotopic (exact) mass is 602 g/mol. The molecule has 0 saturated carbocycles. The van der Waals surface area contributed by atoms with E-state index in [9.17, 15) is 9.59 Å². The quantitative estimate of drug-likeness (QED) is 0.302. The largest absolute Gasteiger partial charge is 0.382 e. The number of rotatable bonds is 4. The van der Waals surface area contributed by atoms with E-state index in [0.717, 1.165) is 10.6 Å². The lowest BCUT2D eigenvalue weighted by Gasteiger charge is -2.47. The van der Waals surface area contributed by atoms with Crippen molar-refractivity contribution in [3.8, 4) is 16.8 Å². The number of pyridine rings is 1. The van der Waals surface area contributed by atoms with Crippen LogP contribution in [0.5, 0.6) is 0 Å². The number of carbonyl (C=O) groups excluding carboxylic acids is 1. The van der Waals surface area contributed by atoms with E-state index in [0.29, 0.717) is 36.5 Å². The molecule has 44 heavy (non-hydrogen) atoms. The van der Waals surface area contributed by atoms with Crippen LogP contribution in [0.15, 0.2) is 54.0 Å². The predicted octanol–water partition coefficient (Wildman–Crippen LogP) is 5.70. The van der Waals surface area contributed by atoms with Crippen molar-refractivity contribution in [2.45, 2.75) is 52.1 Å². The van der Waals surface area contributed by atoms with Gasteiger partial charge in [-0.2, -0.15) is 4.98 Å². The third-order valence-corrected chi connectivity index (χ3v) is 8.56. The van der Waals surface area contributed by atoms with Crippen LogP contribution in [-0.2, 0) is 4.79 Å². The highest BCUT2D eigenvalue weighted by Crippen LogP contribution is 2.45. The Morgan fingerprint density at radius 1 is 1.14 bits per heavy atom. The van der Waals surface area contributed by atoms with Gasteiger partial charge in [-0.05, 0) is 50.0 Å². The van der Waals surface area contributed by atoms with E-state index >= 15 is 13.2 Å². The van der Waals surface area contributed by atoms with Crippen molar-refractivity contribution in [3.05, 3.63) is 88.4 Å². The zero-order valence-electron chi connectivity index (χ0n) is 25.0. The average Bonchev–Trinajstić information content (AvgIpc) is 2.98. The number of halogens is 3. The summed E-state index contributed by atoms with van der Waals surface area (Å²) in [6.07, 6.45) is 3.33. The molecular weight excluding hydrogens is 569 g/mol. The molecule has 1 N–H and O–H groups in total. The van der Waals surface area contributed by atoms with E-state index < -0.39 is 28.7 Å². The molecule has 228 valence electrons. The fourth-order valence-electron chi connectivity index (χ4n) is 6.61. The number of nitrogens with one attached hydrogen (secondary N) is 1. The number of fused-ring (bicyclic) bond motifs is 2. The second kappa shape index (κ2) is 11.1. The van der Waals surface area contributed by atoms with E-state index in [1.54, 1.807) is 24.1 Å². The number of nitrogens with zero attached hydrogens (tertiary/aromatic N) is 5.